The summed E-state index contributed by atoms with van der Waals surface area (Å²) in [5, 5.41) is 72.8. The molecule has 5 atom stereocenters. The van der Waals surface area contributed by atoms with E-state index in [4.69, 9.17) is 25.5 Å². The van der Waals surface area contributed by atoms with Gasteiger partial charge in [0.25, 0.3) is 0 Å². The van der Waals surface area contributed by atoms with Crippen molar-refractivity contribution < 1.29 is 73.5 Å². The zero-order valence-electron chi connectivity index (χ0n) is 83.7. The summed E-state index contributed by atoms with van der Waals surface area (Å²) in [6.07, 6.45) is 21.3. The summed E-state index contributed by atoms with van der Waals surface area (Å²) in [7, 11) is 0. The van der Waals surface area contributed by atoms with E-state index in [1.807, 2.05) is 145 Å². The molecule has 0 aliphatic heterocycles. The minimum atomic E-state index is -1.07. The summed E-state index contributed by atoms with van der Waals surface area (Å²) < 4.78 is 5.38. The van der Waals surface area contributed by atoms with Crippen LogP contribution in [0.4, 0.5) is 0 Å². The van der Waals surface area contributed by atoms with Gasteiger partial charge in [-0.1, -0.05) is 237 Å². The van der Waals surface area contributed by atoms with Crippen molar-refractivity contribution in [2.24, 2.45) is 0 Å². The lowest BCUT2D eigenvalue weighted by atomic mass is 9.95. The van der Waals surface area contributed by atoms with E-state index in [-0.39, 0.29) is 29.5 Å². The highest BCUT2D eigenvalue weighted by atomic mass is 32.2. The van der Waals surface area contributed by atoms with Crippen LogP contribution in [-0.4, -0.2) is 187 Å². The van der Waals surface area contributed by atoms with Gasteiger partial charge in [0.05, 0.1) is 52.2 Å². The summed E-state index contributed by atoms with van der Waals surface area (Å²) in [6.45, 7) is 33.4. The molecule has 35 heteroatoms. The number of benzene rings is 10. The maximum Gasteiger partial charge on any atom is 0.325 e. The Hall–Kier alpha value is -14.0. The second-order valence-corrected chi connectivity index (χ2v) is 45.5. The van der Waals surface area contributed by atoms with Crippen molar-refractivity contribution in [1.82, 2.24) is 74.3 Å². The third kappa shape index (κ3) is 26.1. The second kappa shape index (κ2) is 46.6. The number of amides is 5. The first-order valence-corrected chi connectivity index (χ1v) is 51.0. The van der Waals surface area contributed by atoms with Crippen molar-refractivity contribution >= 4 is 172 Å². The molecule has 30 nitrogen and oxygen atoms in total. The molecule has 16 rings (SSSR count). The van der Waals surface area contributed by atoms with Crippen molar-refractivity contribution in [3.63, 3.8) is 0 Å². The average molecular weight is 2040 g/mol. The van der Waals surface area contributed by atoms with E-state index in [9.17, 15) is 47.9 Å². The monoisotopic (exact) mass is 2040 g/mol. The van der Waals surface area contributed by atoms with Gasteiger partial charge in [0.1, 0.15) is 30.2 Å². The quantitative estimate of drug-likeness (QED) is 0.0171. The number of aliphatic carboxylic acids is 5. The number of hydrogen-bond acceptors (Lipinski definition) is 20. The highest BCUT2D eigenvalue weighted by Gasteiger charge is 2.40. The van der Waals surface area contributed by atoms with Gasteiger partial charge in [-0.05, 0) is 221 Å². The number of hydrogen-bond donors (Lipinski definition) is 10. The standard InChI is InChI=1S/C23H25N3O3S.C23H27N3O3S.C22H25N3O3S.C21H23N3O3S.C20H21N3O3S/c1-14(20(27)28)25-21(29)23(2,3)30-22-24-12-13-26(22)19-11-10-16(15-8-9-15)17-6-4-5-7-18(17)19;1-14(2)16-10-11-19(18-9-7-6-8-17(16)18)26-13-12-24-22(26)30-23(4,5)21(29)25-15(3)20(27)28;1-5-15-10-11-18(17-9-7-6-8-16(15)17)25-13-12-23-21(25)29-22(3,4)20(28)24-14(2)19(26)27;1-13-9-10-17(16-8-6-5-7-15(13)16)24-12-11-22-20(24)28-21(3,4)19(27)23-14(2)18(25)26;1-13(17(24)25)22-18(26)20(2,3)27-19-21-11-12-23(19)16-10-6-8-14-7-4-5-9-15(14)16/h4-7,10-15H,8-9H2,1-3H3,(H,25,29)(H,27,28);6-15H,1-5H3,(H,25,29)(H,27,28);6-14H,5H2,1-4H3,(H,24,28)(H,26,27);5-12,14H,1-4H3,(H,23,27)(H,25,26);4-13H,1-3H3,(H,22,26)(H,24,25). The Morgan fingerprint density at radius 3 is 0.896 bits per heavy atom. The third-order valence-corrected chi connectivity index (χ3v) is 30.1. The molecule has 0 spiro atoms. The first kappa shape index (κ1) is 109. The van der Waals surface area contributed by atoms with Crippen LogP contribution in [0.15, 0.2) is 276 Å². The molecule has 0 radical (unpaired) electrons. The summed E-state index contributed by atoms with van der Waals surface area (Å²) in [5.41, 5.74) is 10.1. The minimum absolute atomic E-state index is 0.342. The lowest BCUT2D eigenvalue weighted by Gasteiger charge is -2.24. The van der Waals surface area contributed by atoms with E-state index in [0.29, 0.717) is 37.6 Å². The van der Waals surface area contributed by atoms with Gasteiger partial charge in [0.2, 0.25) is 29.5 Å². The van der Waals surface area contributed by atoms with Crippen molar-refractivity contribution in [2.75, 3.05) is 0 Å². The largest absolute Gasteiger partial charge is 0.480 e. The minimum Gasteiger partial charge on any atom is -0.480 e. The number of imidazole rings is 5. The van der Waals surface area contributed by atoms with Crippen LogP contribution >= 0.6 is 58.8 Å². The van der Waals surface area contributed by atoms with Crippen molar-refractivity contribution in [3.05, 3.63) is 272 Å². The van der Waals surface area contributed by atoms with Crippen LogP contribution in [0.5, 0.6) is 0 Å². The number of carbonyl (C=O) groups excluding carboxylic acids is 5. The summed E-state index contributed by atoms with van der Waals surface area (Å²) >= 11 is 6.50. The Balaban J connectivity index is 0.000000161. The number of thioether (sulfide) groups is 5. The summed E-state index contributed by atoms with van der Waals surface area (Å²) in [5.74, 6) is -6.02. The first-order chi connectivity index (χ1) is 68.1. The Morgan fingerprint density at radius 2 is 0.569 bits per heavy atom. The molecule has 1 aliphatic rings. The zero-order chi connectivity index (χ0) is 105. The predicted octanol–water partition coefficient (Wildman–Crippen LogP) is 20.3. The molecule has 1 fully saturated rings. The lowest BCUT2D eigenvalue weighted by Crippen LogP contribution is -2.47. The molecule has 0 saturated heterocycles. The molecule has 5 aromatic heterocycles. The van der Waals surface area contributed by atoms with Gasteiger partial charge in [-0.15, -0.1) is 0 Å². The van der Waals surface area contributed by atoms with Crippen LogP contribution in [0.1, 0.15) is 172 Å². The van der Waals surface area contributed by atoms with Crippen molar-refractivity contribution in [3.8, 4) is 28.4 Å². The maximum atomic E-state index is 12.7. The van der Waals surface area contributed by atoms with E-state index in [2.05, 4.69) is 176 Å². The van der Waals surface area contributed by atoms with Gasteiger partial charge in [-0.2, -0.15) is 0 Å². The van der Waals surface area contributed by atoms with Crippen LogP contribution in [-0.2, 0) is 54.4 Å². The van der Waals surface area contributed by atoms with E-state index in [0.717, 1.165) is 72.6 Å². The SMILES string of the molecule is CC(NC(=O)C(C)(C)Sc1nccn1-c1ccc(C(C)C)c2ccccc12)C(=O)O.CC(NC(=O)C(C)(C)Sc1nccn1-c1ccc(C2CC2)c2ccccc12)C(=O)O.CC(NC(=O)C(C)(C)Sc1nccn1-c1cccc2ccccc12)C(=O)O.CCc1ccc(-n2ccnc2SC(C)(C)C(=O)NC(C)C(=O)O)c2ccccc12.Cc1ccc(-n2ccnc2SC(C)(C)C(=O)NC(C)C(=O)O)c2ccccc12. The Kier molecular flexibility index (Phi) is 35.2. The third-order valence-electron chi connectivity index (χ3n) is 24.2. The van der Waals surface area contributed by atoms with Gasteiger partial charge >= 0.3 is 29.8 Å². The number of nitrogens with one attached hydrogen (secondary N) is 5. The van der Waals surface area contributed by atoms with Crippen LogP contribution < -0.4 is 26.6 Å². The van der Waals surface area contributed by atoms with Crippen LogP contribution in [0.2, 0.25) is 0 Å². The first-order valence-electron chi connectivity index (χ1n) is 47.0. The van der Waals surface area contributed by atoms with Gasteiger partial charge < -0.3 is 52.1 Å². The number of carboxylic acids is 5. The molecule has 15 aromatic rings. The average Bonchev–Trinajstić information content (AvgIpc) is 1.65. The summed E-state index contributed by atoms with van der Waals surface area (Å²) in [4.78, 5) is 141. The van der Waals surface area contributed by atoms with Gasteiger partial charge in [-0.3, -0.25) is 70.8 Å². The molecule has 1 saturated carbocycles. The molecule has 5 unspecified atom stereocenters. The highest BCUT2D eigenvalue weighted by molar-refractivity contribution is 8.02. The number of aryl methyl sites for hydroxylation is 2. The molecular weight excluding hydrogens is 1920 g/mol. The zero-order valence-corrected chi connectivity index (χ0v) is 87.7. The molecule has 144 heavy (non-hydrogen) atoms. The normalized spacial score (nSPS) is 13.2. The highest BCUT2D eigenvalue weighted by Crippen LogP contribution is 2.46. The molecule has 5 amide bonds. The van der Waals surface area contributed by atoms with Gasteiger partial charge in [0, 0.05) is 88.9 Å². The number of rotatable bonds is 33. The second-order valence-electron chi connectivity index (χ2n) is 37.6. The maximum absolute atomic E-state index is 12.7. The fourth-order valence-electron chi connectivity index (χ4n) is 15.5. The molecule has 5 heterocycles. The lowest BCUT2D eigenvalue weighted by molar-refractivity contribution is -0.141. The number of carboxylic acid groups (broad SMARTS) is 5. The number of fused-ring (bicyclic) bond motifs is 5. The summed E-state index contributed by atoms with van der Waals surface area (Å²) in [6, 6.07) is 59.3. The molecular formula is C109H121N15O15S5. The molecule has 752 valence electrons. The Morgan fingerprint density at radius 1 is 0.312 bits per heavy atom. The fraction of sp³-hybridized carbons (Fsp3) is 0.312. The molecule has 10 aromatic carbocycles. The van der Waals surface area contributed by atoms with E-state index in [1.165, 1.54) is 145 Å². The predicted molar refractivity (Wildman–Crippen MR) is 571 cm³/mol. The smallest absolute Gasteiger partial charge is 0.325 e. The molecule has 0 bridgehead atoms. The Bertz CT molecular complexity index is 7100. The van der Waals surface area contributed by atoms with Crippen LogP contribution in [0.25, 0.3) is 82.3 Å². The van der Waals surface area contributed by atoms with Crippen LogP contribution in [0, 0.1) is 6.92 Å². The number of nitrogens with zero attached hydrogens (tertiary/aromatic N) is 10. The number of carbonyl (C=O) groups is 10. The van der Waals surface area contributed by atoms with Gasteiger partial charge in [0.15, 0.2) is 25.8 Å². The Labute approximate surface area is 857 Å². The van der Waals surface area contributed by atoms with E-state index < -0.39 is 83.8 Å². The topological polar surface area (TPSA) is 421 Å². The van der Waals surface area contributed by atoms with E-state index in [1.54, 1.807) is 100 Å². The van der Waals surface area contributed by atoms with Gasteiger partial charge in [-0.25, -0.2) is 24.9 Å². The fourth-order valence-corrected chi connectivity index (χ4v) is 20.4. The number of aromatic nitrogens is 10. The van der Waals surface area contributed by atoms with Crippen LogP contribution in [0.3, 0.4) is 0 Å². The molecule has 1 aliphatic carbocycles. The van der Waals surface area contributed by atoms with Crippen molar-refractivity contribution in [2.45, 2.75) is 242 Å². The van der Waals surface area contributed by atoms with E-state index >= 15 is 0 Å². The van der Waals surface area contributed by atoms with Crippen molar-refractivity contribution in [1.29, 1.82) is 0 Å². The molecule has 10 N–H and O–H groups in total.